The lowest BCUT2D eigenvalue weighted by Gasteiger charge is -2.23. The minimum Gasteiger partial charge on any atom is -0.351 e. The second-order valence-electron chi connectivity index (χ2n) is 6.06. The first kappa shape index (κ1) is 16.2. The van der Waals surface area contributed by atoms with Gasteiger partial charge in [0.25, 0.3) is 0 Å². The van der Waals surface area contributed by atoms with Crippen LogP contribution in [0.15, 0.2) is 54.6 Å². The molecule has 0 atom stereocenters. The SMILES string of the molecule is CN(C(=O)C1(C(=O)NCc2ccccc2F)CC1)c1ccccc1. The second-order valence-corrected chi connectivity index (χ2v) is 6.06. The third-order valence-corrected chi connectivity index (χ3v) is 4.44. The monoisotopic (exact) mass is 326 g/mol. The van der Waals surface area contributed by atoms with E-state index in [4.69, 9.17) is 0 Å². The third kappa shape index (κ3) is 3.02. The topological polar surface area (TPSA) is 49.4 Å². The molecule has 24 heavy (non-hydrogen) atoms. The van der Waals surface area contributed by atoms with Crippen molar-refractivity contribution >= 4 is 17.5 Å². The van der Waals surface area contributed by atoms with Gasteiger partial charge >= 0.3 is 0 Å². The van der Waals surface area contributed by atoms with E-state index in [1.54, 1.807) is 25.2 Å². The van der Waals surface area contributed by atoms with Crippen LogP contribution < -0.4 is 10.2 Å². The maximum Gasteiger partial charge on any atom is 0.242 e. The zero-order chi connectivity index (χ0) is 17.2. The summed E-state index contributed by atoms with van der Waals surface area (Å²) in [6, 6.07) is 15.5. The van der Waals surface area contributed by atoms with Crippen molar-refractivity contribution in [1.29, 1.82) is 0 Å². The molecule has 0 aromatic heterocycles. The van der Waals surface area contributed by atoms with Gasteiger partial charge in [-0.25, -0.2) is 4.39 Å². The van der Waals surface area contributed by atoms with E-state index in [1.807, 2.05) is 30.3 Å². The van der Waals surface area contributed by atoms with Crippen LogP contribution >= 0.6 is 0 Å². The van der Waals surface area contributed by atoms with Crippen LogP contribution in [0.2, 0.25) is 0 Å². The van der Waals surface area contributed by atoms with Gasteiger partial charge in [0.15, 0.2) is 0 Å². The first-order valence-corrected chi connectivity index (χ1v) is 7.89. The van der Waals surface area contributed by atoms with Crippen molar-refractivity contribution < 1.29 is 14.0 Å². The van der Waals surface area contributed by atoms with Crippen LogP contribution in [-0.2, 0) is 16.1 Å². The number of nitrogens with zero attached hydrogens (tertiary/aromatic N) is 1. The molecule has 1 saturated carbocycles. The lowest BCUT2D eigenvalue weighted by molar-refractivity contribution is -0.135. The zero-order valence-electron chi connectivity index (χ0n) is 13.5. The highest BCUT2D eigenvalue weighted by atomic mass is 19.1. The number of hydrogen-bond acceptors (Lipinski definition) is 2. The van der Waals surface area contributed by atoms with Gasteiger partial charge in [-0.3, -0.25) is 9.59 Å². The van der Waals surface area contributed by atoms with Gasteiger partial charge in [-0.05, 0) is 31.0 Å². The van der Waals surface area contributed by atoms with Crippen molar-refractivity contribution in [3.8, 4) is 0 Å². The average molecular weight is 326 g/mol. The van der Waals surface area contributed by atoms with E-state index in [9.17, 15) is 14.0 Å². The number of carbonyl (C=O) groups is 2. The van der Waals surface area contributed by atoms with Gasteiger partial charge in [0, 0.05) is 24.8 Å². The van der Waals surface area contributed by atoms with Crippen molar-refractivity contribution in [3.63, 3.8) is 0 Å². The number of amides is 2. The third-order valence-electron chi connectivity index (χ3n) is 4.44. The van der Waals surface area contributed by atoms with E-state index in [0.29, 0.717) is 18.4 Å². The summed E-state index contributed by atoms with van der Waals surface area (Å²) >= 11 is 0. The van der Waals surface area contributed by atoms with Gasteiger partial charge in [0.2, 0.25) is 11.8 Å². The number of anilines is 1. The van der Waals surface area contributed by atoms with E-state index < -0.39 is 5.41 Å². The quantitative estimate of drug-likeness (QED) is 0.859. The van der Waals surface area contributed by atoms with E-state index in [1.165, 1.54) is 11.0 Å². The Labute approximate surface area is 140 Å². The van der Waals surface area contributed by atoms with Crippen LogP contribution in [0.3, 0.4) is 0 Å². The van der Waals surface area contributed by atoms with E-state index in [2.05, 4.69) is 5.32 Å². The van der Waals surface area contributed by atoms with Gasteiger partial charge < -0.3 is 10.2 Å². The predicted octanol–water partition coefficient (Wildman–Crippen LogP) is 2.89. The smallest absolute Gasteiger partial charge is 0.242 e. The number of carbonyl (C=O) groups excluding carboxylic acids is 2. The Morgan fingerprint density at radius 2 is 1.71 bits per heavy atom. The highest BCUT2D eigenvalue weighted by molar-refractivity contribution is 6.13. The van der Waals surface area contributed by atoms with Gasteiger partial charge in [0.05, 0.1) is 0 Å². The summed E-state index contributed by atoms with van der Waals surface area (Å²) in [6.45, 7) is 0.0790. The Balaban J connectivity index is 1.68. The molecule has 1 fully saturated rings. The highest BCUT2D eigenvalue weighted by Crippen LogP contribution is 2.48. The molecule has 2 aromatic carbocycles. The van der Waals surface area contributed by atoms with Gasteiger partial charge in [-0.1, -0.05) is 36.4 Å². The van der Waals surface area contributed by atoms with Crippen LogP contribution in [0.25, 0.3) is 0 Å². The first-order valence-electron chi connectivity index (χ1n) is 7.89. The molecule has 4 nitrogen and oxygen atoms in total. The lowest BCUT2D eigenvalue weighted by Crippen LogP contribution is -2.43. The average Bonchev–Trinajstić information content (AvgIpc) is 3.42. The predicted molar refractivity (Wildman–Crippen MR) is 89.8 cm³/mol. The van der Waals surface area contributed by atoms with Crippen molar-refractivity contribution in [3.05, 3.63) is 66.0 Å². The molecule has 0 radical (unpaired) electrons. The van der Waals surface area contributed by atoms with Gasteiger partial charge in [-0.15, -0.1) is 0 Å². The molecular formula is C19H19FN2O2. The van der Waals surface area contributed by atoms with Crippen molar-refractivity contribution in [2.75, 3.05) is 11.9 Å². The standard InChI is InChI=1S/C19H19FN2O2/c1-22(15-8-3-2-4-9-15)18(24)19(11-12-19)17(23)21-13-14-7-5-6-10-16(14)20/h2-10H,11-13H2,1H3,(H,21,23). The second kappa shape index (κ2) is 6.43. The molecule has 2 amide bonds. The number of halogens is 1. The summed E-state index contributed by atoms with van der Waals surface area (Å²) in [7, 11) is 1.67. The lowest BCUT2D eigenvalue weighted by atomic mass is 10.0. The van der Waals surface area contributed by atoms with E-state index in [-0.39, 0.29) is 24.2 Å². The Bertz CT molecular complexity index is 757. The van der Waals surface area contributed by atoms with Crippen LogP contribution in [-0.4, -0.2) is 18.9 Å². The zero-order valence-corrected chi connectivity index (χ0v) is 13.5. The fourth-order valence-electron chi connectivity index (χ4n) is 2.74. The molecule has 5 heteroatoms. The number of nitrogens with one attached hydrogen (secondary N) is 1. The fraction of sp³-hybridized carbons (Fsp3) is 0.263. The number of rotatable bonds is 5. The van der Waals surface area contributed by atoms with E-state index >= 15 is 0 Å². The maximum absolute atomic E-state index is 13.6. The summed E-state index contributed by atoms with van der Waals surface area (Å²) < 4.78 is 13.6. The van der Waals surface area contributed by atoms with Gasteiger partial charge in [-0.2, -0.15) is 0 Å². The van der Waals surface area contributed by atoms with Crippen LogP contribution in [0.4, 0.5) is 10.1 Å². The van der Waals surface area contributed by atoms with Gasteiger partial charge in [0.1, 0.15) is 11.2 Å². The molecule has 0 bridgehead atoms. The number of hydrogen-bond donors (Lipinski definition) is 1. The molecule has 0 heterocycles. The first-order chi connectivity index (χ1) is 11.5. The molecule has 3 rings (SSSR count). The summed E-state index contributed by atoms with van der Waals surface area (Å²) in [5.74, 6) is -0.923. The molecule has 1 N–H and O–H groups in total. The largest absolute Gasteiger partial charge is 0.351 e. The highest BCUT2D eigenvalue weighted by Gasteiger charge is 2.57. The summed E-state index contributed by atoms with van der Waals surface area (Å²) in [4.78, 5) is 26.8. The fourth-order valence-corrected chi connectivity index (χ4v) is 2.74. The minimum absolute atomic E-state index is 0.0790. The summed E-state index contributed by atoms with van der Waals surface area (Å²) in [5.41, 5.74) is 0.136. The minimum atomic E-state index is -1.02. The summed E-state index contributed by atoms with van der Waals surface area (Å²) in [6.07, 6.45) is 1.04. The molecular weight excluding hydrogens is 307 g/mol. The Hall–Kier alpha value is -2.69. The Kier molecular flexibility index (Phi) is 4.34. The van der Waals surface area contributed by atoms with Crippen LogP contribution in [0.5, 0.6) is 0 Å². The molecule has 0 saturated heterocycles. The maximum atomic E-state index is 13.6. The Morgan fingerprint density at radius 3 is 2.33 bits per heavy atom. The molecule has 0 unspecified atom stereocenters. The van der Waals surface area contributed by atoms with Crippen LogP contribution in [0.1, 0.15) is 18.4 Å². The molecule has 1 aliphatic rings. The molecule has 1 aliphatic carbocycles. The van der Waals surface area contributed by atoms with Crippen molar-refractivity contribution in [1.82, 2.24) is 5.32 Å². The van der Waals surface area contributed by atoms with Crippen molar-refractivity contribution in [2.45, 2.75) is 19.4 Å². The molecule has 124 valence electrons. The molecule has 2 aromatic rings. The van der Waals surface area contributed by atoms with Crippen LogP contribution in [0, 0.1) is 11.2 Å². The number of para-hydroxylation sites is 1. The Morgan fingerprint density at radius 1 is 1.08 bits per heavy atom. The molecule has 0 aliphatic heterocycles. The molecule has 0 spiro atoms. The normalized spacial score (nSPS) is 14.8. The van der Waals surface area contributed by atoms with E-state index in [0.717, 1.165) is 5.69 Å². The summed E-state index contributed by atoms with van der Waals surface area (Å²) in [5, 5.41) is 2.70. The van der Waals surface area contributed by atoms with Crippen molar-refractivity contribution in [2.24, 2.45) is 5.41 Å². The number of benzene rings is 2.